The lowest BCUT2D eigenvalue weighted by molar-refractivity contribution is -0.184. The summed E-state index contributed by atoms with van der Waals surface area (Å²) in [6.07, 6.45) is 3.54. The molecule has 2 unspecified atom stereocenters. The number of carbonyl (C=O) groups excluding carboxylic acids is 3. The molecular formula is C19H24O4. The van der Waals surface area contributed by atoms with Crippen molar-refractivity contribution < 1.29 is 19.5 Å². The molecule has 6 aliphatic rings. The Morgan fingerprint density at radius 3 is 2.30 bits per heavy atom. The molecule has 0 aromatic rings. The molecule has 6 saturated carbocycles. The Bertz CT molecular complexity index is 644. The molecule has 0 heterocycles. The van der Waals surface area contributed by atoms with E-state index in [2.05, 4.69) is 6.92 Å². The van der Waals surface area contributed by atoms with Gasteiger partial charge in [-0.1, -0.05) is 13.8 Å². The molecule has 0 aromatic carbocycles. The molecule has 0 saturated heterocycles. The normalized spacial score (nSPS) is 59.6. The Labute approximate surface area is 136 Å². The lowest BCUT2D eigenvalue weighted by atomic mass is 9.39. The van der Waals surface area contributed by atoms with Gasteiger partial charge in [-0.15, -0.1) is 0 Å². The lowest BCUT2D eigenvalue weighted by Gasteiger charge is -2.63. The van der Waals surface area contributed by atoms with E-state index in [-0.39, 0.29) is 59.0 Å². The first kappa shape index (κ1) is 14.3. The summed E-state index contributed by atoms with van der Waals surface area (Å²) in [6, 6.07) is 0. The second-order valence-electron chi connectivity index (χ2n) is 9.30. The van der Waals surface area contributed by atoms with E-state index in [1.807, 2.05) is 6.92 Å². The number of rotatable bonds is 1. The Balaban J connectivity index is 1.63. The summed E-state index contributed by atoms with van der Waals surface area (Å²) in [5.41, 5.74) is -1.61. The quantitative estimate of drug-likeness (QED) is 0.749. The molecule has 23 heavy (non-hydrogen) atoms. The molecule has 4 bridgehead atoms. The van der Waals surface area contributed by atoms with Gasteiger partial charge in [-0.3, -0.25) is 14.4 Å². The van der Waals surface area contributed by atoms with E-state index in [0.29, 0.717) is 12.8 Å². The lowest BCUT2D eigenvalue weighted by Crippen LogP contribution is -2.64. The van der Waals surface area contributed by atoms with Crippen LogP contribution in [0.25, 0.3) is 0 Å². The topological polar surface area (TPSA) is 71.4 Å². The van der Waals surface area contributed by atoms with Crippen molar-refractivity contribution in [2.75, 3.05) is 6.61 Å². The third-order valence-corrected chi connectivity index (χ3v) is 8.80. The molecule has 6 fully saturated rings. The van der Waals surface area contributed by atoms with Crippen LogP contribution in [-0.4, -0.2) is 29.1 Å². The predicted molar refractivity (Wildman–Crippen MR) is 81.3 cm³/mol. The van der Waals surface area contributed by atoms with E-state index in [1.54, 1.807) is 0 Å². The SMILES string of the molecule is C[C@@]12CCC(=O)[C@](C)(CO)[C@H]1CCC13C(=O)[C@@H]4C(C[C@@H]12)[C@@H]4C3=O. The zero-order valence-corrected chi connectivity index (χ0v) is 13.8. The third kappa shape index (κ3) is 1.24. The minimum Gasteiger partial charge on any atom is -0.395 e. The van der Waals surface area contributed by atoms with E-state index in [9.17, 15) is 19.5 Å². The van der Waals surface area contributed by atoms with Gasteiger partial charge in [0.05, 0.1) is 17.4 Å². The average Bonchev–Trinajstić information content (AvgIpc) is 3.22. The van der Waals surface area contributed by atoms with Gasteiger partial charge >= 0.3 is 0 Å². The fourth-order valence-corrected chi connectivity index (χ4v) is 7.57. The molecule has 4 nitrogen and oxygen atoms in total. The van der Waals surface area contributed by atoms with Crippen LogP contribution in [0.15, 0.2) is 0 Å². The highest BCUT2D eigenvalue weighted by molar-refractivity contribution is 6.20. The van der Waals surface area contributed by atoms with Crippen LogP contribution in [-0.2, 0) is 14.4 Å². The zero-order valence-electron chi connectivity index (χ0n) is 13.8. The van der Waals surface area contributed by atoms with Crippen LogP contribution >= 0.6 is 0 Å². The first-order chi connectivity index (χ1) is 10.8. The molecule has 0 amide bonds. The summed E-state index contributed by atoms with van der Waals surface area (Å²) in [7, 11) is 0. The van der Waals surface area contributed by atoms with Crippen molar-refractivity contribution in [1.82, 2.24) is 0 Å². The van der Waals surface area contributed by atoms with Crippen LogP contribution in [0, 0.1) is 45.8 Å². The number of aliphatic hydroxyl groups is 1. The van der Waals surface area contributed by atoms with Gasteiger partial charge < -0.3 is 5.11 Å². The van der Waals surface area contributed by atoms with Crippen molar-refractivity contribution in [2.45, 2.75) is 46.0 Å². The van der Waals surface area contributed by atoms with Crippen molar-refractivity contribution in [1.29, 1.82) is 0 Å². The molecule has 6 rings (SSSR count). The van der Waals surface area contributed by atoms with E-state index in [4.69, 9.17) is 0 Å². The van der Waals surface area contributed by atoms with Crippen molar-refractivity contribution in [2.24, 2.45) is 45.8 Å². The summed E-state index contributed by atoms with van der Waals surface area (Å²) < 4.78 is 0. The minimum absolute atomic E-state index is 0.0355. The fourth-order valence-electron chi connectivity index (χ4n) is 7.57. The highest BCUT2D eigenvalue weighted by atomic mass is 16.3. The van der Waals surface area contributed by atoms with Gasteiger partial charge in [0.1, 0.15) is 5.78 Å². The largest absolute Gasteiger partial charge is 0.395 e. The number of carbonyl (C=O) groups is 3. The number of Topliss-reactive ketones (excluding diaryl/α,β-unsaturated/α-hetero) is 3. The molecule has 0 radical (unpaired) electrons. The summed E-state index contributed by atoms with van der Waals surface area (Å²) in [5, 5.41) is 9.95. The van der Waals surface area contributed by atoms with Crippen molar-refractivity contribution in [3.63, 3.8) is 0 Å². The van der Waals surface area contributed by atoms with E-state index < -0.39 is 10.8 Å². The second kappa shape index (κ2) is 3.79. The maximum Gasteiger partial charge on any atom is 0.150 e. The Morgan fingerprint density at radius 1 is 1.04 bits per heavy atom. The standard InChI is InChI=1S/C19H24O4/c1-17-5-4-12(21)18(2,8-20)10(17)3-6-19-11(17)7-9-13(15(19)22)14(9)16(19)23/h9-11,13-14,20H,3-8H2,1-2H3/t9?,10-,11+,13-,14+,17+,18+,19?/m0/s1. The number of hydrogen-bond donors (Lipinski definition) is 1. The van der Waals surface area contributed by atoms with E-state index >= 15 is 0 Å². The van der Waals surface area contributed by atoms with E-state index in [0.717, 1.165) is 19.3 Å². The average molecular weight is 316 g/mol. The highest BCUT2D eigenvalue weighted by Crippen LogP contribution is 2.77. The van der Waals surface area contributed by atoms with Gasteiger partial charge in [0.25, 0.3) is 0 Å². The molecule has 1 N–H and O–H groups in total. The first-order valence-corrected chi connectivity index (χ1v) is 9.05. The number of ketones is 3. The van der Waals surface area contributed by atoms with Crippen LogP contribution < -0.4 is 0 Å². The molecule has 0 aromatic heterocycles. The van der Waals surface area contributed by atoms with Crippen molar-refractivity contribution in [3.05, 3.63) is 0 Å². The smallest absolute Gasteiger partial charge is 0.150 e. The molecule has 6 aliphatic carbocycles. The van der Waals surface area contributed by atoms with Gasteiger partial charge in [0, 0.05) is 18.3 Å². The van der Waals surface area contributed by atoms with Crippen LogP contribution in [0.3, 0.4) is 0 Å². The molecular weight excluding hydrogens is 292 g/mol. The Morgan fingerprint density at radius 2 is 1.70 bits per heavy atom. The second-order valence-corrected chi connectivity index (χ2v) is 9.30. The van der Waals surface area contributed by atoms with Gasteiger partial charge in [0.2, 0.25) is 0 Å². The highest BCUT2D eigenvalue weighted by Gasteiger charge is 2.82. The van der Waals surface area contributed by atoms with Gasteiger partial charge in [-0.2, -0.15) is 0 Å². The van der Waals surface area contributed by atoms with Crippen LogP contribution in [0.1, 0.15) is 46.0 Å². The zero-order chi connectivity index (χ0) is 16.4. The van der Waals surface area contributed by atoms with Gasteiger partial charge in [-0.25, -0.2) is 0 Å². The number of fused-ring (bicyclic) bond motifs is 1. The molecule has 8 atom stereocenters. The Hall–Kier alpha value is -1.03. The minimum atomic E-state index is -0.730. The van der Waals surface area contributed by atoms with Gasteiger partial charge in [-0.05, 0) is 48.9 Å². The summed E-state index contributed by atoms with van der Waals surface area (Å²) in [6.45, 7) is 3.97. The van der Waals surface area contributed by atoms with Gasteiger partial charge in [0.15, 0.2) is 11.6 Å². The predicted octanol–water partition coefficient (Wildman–Crippen LogP) is 1.78. The maximum atomic E-state index is 12.9. The van der Waals surface area contributed by atoms with Crippen LogP contribution in [0.5, 0.6) is 0 Å². The van der Waals surface area contributed by atoms with Crippen LogP contribution in [0.4, 0.5) is 0 Å². The monoisotopic (exact) mass is 316 g/mol. The third-order valence-electron chi connectivity index (χ3n) is 8.80. The maximum absolute atomic E-state index is 12.9. The van der Waals surface area contributed by atoms with E-state index in [1.165, 1.54) is 0 Å². The molecule has 4 heteroatoms. The number of hydrogen-bond acceptors (Lipinski definition) is 4. The summed E-state index contributed by atoms with van der Waals surface area (Å²) >= 11 is 0. The van der Waals surface area contributed by atoms with Crippen molar-refractivity contribution >= 4 is 17.3 Å². The first-order valence-electron chi connectivity index (χ1n) is 9.05. The summed E-state index contributed by atoms with van der Waals surface area (Å²) in [5.74, 6) is 1.16. The Kier molecular flexibility index (Phi) is 2.36. The molecule has 0 aliphatic heterocycles. The number of aliphatic hydroxyl groups excluding tert-OH is 1. The molecule has 1 spiro atoms. The fraction of sp³-hybridized carbons (Fsp3) is 0.842. The summed E-state index contributed by atoms with van der Waals surface area (Å²) in [4.78, 5) is 38.4. The molecule has 124 valence electrons. The van der Waals surface area contributed by atoms with Crippen molar-refractivity contribution in [3.8, 4) is 0 Å². The van der Waals surface area contributed by atoms with Crippen LogP contribution in [0.2, 0.25) is 0 Å².